The van der Waals surface area contributed by atoms with Gasteiger partial charge < -0.3 is 11.1 Å². The molecule has 3 nitrogen and oxygen atoms in total. The zero-order valence-electron chi connectivity index (χ0n) is 6.98. The van der Waals surface area contributed by atoms with Crippen LogP contribution in [0.2, 0.25) is 0 Å². The molecule has 0 aliphatic rings. The fourth-order valence-corrected chi connectivity index (χ4v) is 1.68. The first-order chi connectivity index (χ1) is 5.52. The Morgan fingerprint density at radius 1 is 1.67 bits per heavy atom. The molecule has 1 aromatic heterocycles. The van der Waals surface area contributed by atoms with Gasteiger partial charge in [-0.15, -0.1) is 0 Å². The SMILES string of the molecule is CC(=N)c1c(C)cc(Br)nc1N. The van der Waals surface area contributed by atoms with Crippen LogP contribution < -0.4 is 5.73 Å². The minimum atomic E-state index is 0.411. The molecule has 0 radical (unpaired) electrons. The number of nitrogens with zero attached hydrogens (tertiary/aromatic N) is 1. The van der Waals surface area contributed by atoms with E-state index in [1.54, 1.807) is 6.92 Å². The quantitative estimate of drug-likeness (QED) is 0.571. The lowest BCUT2D eigenvalue weighted by Crippen LogP contribution is -2.05. The Morgan fingerprint density at radius 3 is 2.67 bits per heavy atom. The van der Waals surface area contributed by atoms with Crippen molar-refractivity contribution in [3.63, 3.8) is 0 Å². The van der Waals surface area contributed by atoms with E-state index in [-0.39, 0.29) is 0 Å². The van der Waals surface area contributed by atoms with Crippen molar-refractivity contribution in [2.45, 2.75) is 13.8 Å². The van der Waals surface area contributed by atoms with Gasteiger partial charge in [-0.3, -0.25) is 0 Å². The Morgan fingerprint density at radius 2 is 2.25 bits per heavy atom. The molecule has 3 N–H and O–H groups in total. The highest BCUT2D eigenvalue weighted by molar-refractivity contribution is 9.10. The minimum absolute atomic E-state index is 0.411. The first-order valence-electron chi connectivity index (χ1n) is 3.50. The zero-order chi connectivity index (χ0) is 9.30. The monoisotopic (exact) mass is 227 g/mol. The van der Waals surface area contributed by atoms with Crippen molar-refractivity contribution < 1.29 is 0 Å². The maximum atomic E-state index is 7.45. The second-order valence-electron chi connectivity index (χ2n) is 2.65. The molecule has 1 rings (SSSR count). The molecule has 12 heavy (non-hydrogen) atoms. The van der Waals surface area contributed by atoms with Crippen molar-refractivity contribution in [1.29, 1.82) is 5.41 Å². The summed E-state index contributed by atoms with van der Waals surface area (Å²) in [7, 11) is 0. The number of pyridine rings is 1. The molecule has 1 heterocycles. The fourth-order valence-electron chi connectivity index (χ4n) is 1.14. The summed E-state index contributed by atoms with van der Waals surface area (Å²) in [6.45, 7) is 3.62. The third-order valence-electron chi connectivity index (χ3n) is 1.59. The zero-order valence-corrected chi connectivity index (χ0v) is 8.57. The van der Waals surface area contributed by atoms with Crippen LogP contribution in [-0.4, -0.2) is 10.7 Å². The topological polar surface area (TPSA) is 62.8 Å². The molecule has 0 saturated heterocycles. The van der Waals surface area contributed by atoms with E-state index < -0.39 is 0 Å². The van der Waals surface area contributed by atoms with E-state index in [9.17, 15) is 0 Å². The van der Waals surface area contributed by atoms with Gasteiger partial charge in [-0.2, -0.15) is 0 Å². The number of hydrogen-bond acceptors (Lipinski definition) is 3. The van der Waals surface area contributed by atoms with Gasteiger partial charge in [0.25, 0.3) is 0 Å². The summed E-state index contributed by atoms with van der Waals surface area (Å²) < 4.78 is 0.711. The van der Waals surface area contributed by atoms with Crippen LogP contribution in [0.4, 0.5) is 5.82 Å². The predicted octanol–water partition coefficient (Wildman–Crippen LogP) is 2.12. The molecule has 0 atom stereocenters. The van der Waals surface area contributed by atoms with Gasteiger partial charge in [-0.05, 0) is 41.4 Å². The van der Waals surface area contributed by atoms with Crippen LogP contribution in [0.3, 0.4) is 0 Å². The highest BCUT2D eigenvalue weighted by Gasteiger charge is 2.07. The van der Waals surface area contributed by atoms with E-state index in [1.807, 2.05) is 13.0 Å². The van der Waals surface area contributed by atoms with Gasteiger partial charge in [-0.1, -0.05) is 0 Å². The lowest BCUT2D eigenvalue weighted by atomic mass is 10.1. The lowest BCUT2D eigenvalue weighted by Gasteiger charge is -2.06. The number of aromatic nitrogens is 1. The Balaban J connectivity index is 3.38. The van der Waals surface area contributed by atoms with Gasteiger partial charge >= 0.3 is 0 Å². The molecular weight excluding hydrogens is 218 g/mol. The lowest BCUT2D eigenvalue weighted by molar-refractivity contribution is 1.23. The molecular formula is C8H10BrN3. The molecule has 1 aromatic rings. The van der Waals surface area contributed by atoms with E-state index in [2.05, 4.69) is 20.9 Å². The van der Waals surface area contributed by atoms with Crippen LogP contribution in [0, 0.1) is 12.3 Å². The Labute approximate surface area is 79.6 Å². The summed E-state index contributed by atoms with van der Waals surface area (Å²) >= 11 is 3.23. The van der Waals surface area contributed by atoms with E-state index in [4.69, 9.17) is 11.1 Å². The second kappa shape index (κ2) is 3.23. The highest BCUT2D eigenvalue weighted by Crippen LogP contribution is 2.19. The van der Waals surface area contributed by atoms with E-state index in [0.29, 0.717) is 16.1 Å². The molecule has 4 heteroatoms. The second-order valence-corrected chi connectivity index (χ2v) is 3.46. The average Bonchev–Trinajstić information content (AvgIpc) is 1.82. The number of rotatable bonds is 1. The smallest absolute Gasteiger partial charge is 0.134 e. The summed E-state index contributed by atoms with van der Waals surface area (Å²) in [5, 5.41) is 7.45. The molecule has 0 unspecified atom stereocenters. The van der Waals surface area contributed by atoms with E-state index in [1.165, 1.54) is 0 Å². The maximum absolute atomic E-state index is 7.45. The fraction of sp³-hybridized carbons (Fsp3) is 0.250. The molecule has 0 aliphatic carbocycles. The summed E-state index contributed by atoms with van der Waals surface area (Å²) in [5.74, 6) is 0.411. The molecule has 0 spiro atoms. The number of nitrogen functional groups attached to an aromatic ring is 1. The predicted molar refractivity (Wildman–Crippen MR) is 53.6 cm³/mol. The van der Waals surface area contributed by atoms with Crippen molar-refractivity contribution in [2.24, 2.45) is 0 Å². The molecule has 0 fully saturated rings. The molecule has 0 amide bonds. The first-order valence-corrected chi connectivity index (χ1v) is 4.30. The molecule has 0 aliphatic heterocycles. The van der Waals surface area contributed by atoms with Crippen LogP contribution in [0.15, 0.2) is 10.7 Å². The van der Waals surface area contributed by atoms with Crippen molar-refractivity contribution >= 4 is 27.5 Å². The minimum Gasteiger partial charge on any atom is -0.383 e. The van der Waals surface area contributed by atoms with Crippen LogP contribution >= 0.6 is 15.9 Å². The van der Waals surface area contributed by atoms with Crippen molar-refractivity contribution in [3.05, 3.63) is 21.8 Å². The summed E-state index contributed by atoms with van der Waals surface area (Å²) in [6, 6.07) is 1.85. The van der Waals surface area contributed by atoms with Gasteiger partial charge in [0, 0.05) is 11.3 Å². The molecule has 0 bridgehead atoms. The third kappa shape index (κ3) is 1.64. The van der Waals surface area contributed by atoms with Crippen LogP contribution in [-0.2, 0) is 0 Å². The van der Waals surface area contributed by atoms with Crippen molar-refractivity contribution in [3.8, 4) is 0 Å². The van der Waals surface area contributed by atoms with Crippen molar-refractivity contribution in [1.82, 2.24) is 4.98 Å². The normalized spacial score (nSPS) is 9.92. The number of nitrogens with one attached hydrogen (secondary N) is 1. The largest absolute Gasteiger partial charge is 0.383 e. The number of aryl methyl sites for hydroxylation is 1. The van der Waals surface area contributed by atoms with Gasteiger partial charge in [0.2, 0.25) is 0 Å². The number of nitrogens with two attached hydrogens (primary N) is 1. The standard InChI is InChI=1S/C8H10BrN3/c1-4-3-6(9)12-8(11)7(4)5(2)10/h3,10H,1-2H3,(H2,11,12). The van der Waals surface area contributed by atoms with Crippen molar-refractivity contribution in [2.75, 3.05) is 5.73 Å². The number of halogens is 1. The van der Waals surface area contributed by atoms with Gasteiger partial charge in [0.15, 0.2) is 0 Å². The Bertz CT molecular complexity index is 310. The van der Waals surface area contributed by atoms with Crippen LogP contribution in [0.1, 0.15) is 18.1 Å². The third-order valence-corrected chi connectivity index (χ3v) is 1.99. The van der Waals surface area contributed by atoms with Crippen LogP contribution in [0.25, 0.3) is 0 Å². The molecule has 0 aromatic carbocycles. The summed E-state index contributed by atoms with van der Waals surface area (Å²) in [4.78, 5) is 4.01. The van der Waals surface area contributed by atoms with Gasteiger partial charge in [-0.25, -0.2) is 4.98 Å². The maximum Gasteiger partial charge on any atom is 0.134 e. The highest BCUT2D eigenvalue weighted by atomic mass is 79.9. The average molecular weight is 228 g/mol. The first kappa shape index (κ1) is 9.19. The van der Waals surface area contributed by atoms with Gasteiger partial charge in [0.05, 0.1) is 0 Å². The number of hydrogen-bond donors (Lipinski definition) is 2. The summed E-state index contributed by atoms with van der Waals surface area (Å²) in [6.07, 6.45) is 0. The Kier molecular flexibility index (Phi) is 2.47. The molecule has 0 saturated carbocycles. The van der Waals surface area contributed by atoms with Crippen LogP contribution in [0.5, 0.6) is 0 Å². The molecule has 64 valence electrons. The Hall–Kier alpha value is -0.900. The number of anilines is 1. The van der Waals surface area contributed by atoms with Gasteiger partial charge in [0.1, 0.15) is 10.4 Å². The summed E-state index contributed by atoms with van der Waals surface area (Å²) in [5.41, 5.74) is 7.80. The van der Waals surface area contributed by atoms with E-state index in [0.717, 1.165) is 11.1 Å². The van der Waals surface area contributed by atoms with E-state index >= 15 is 0 Å².